The lowest BCUT2D eigenvalue weighted by Gasteiger charge is -2.12. The molecule has 1 aliphatic heterocycles. The third-order valence-corrected chi connectivity index (χ3v) is 3.67. The number of rotatable bonds is 5. The topological polar surface area (TPSA) is 85.0 Å². The van der Waals surface area contributed by atoms with E-state index < -0.39 is 16.4 Å². The molecule has 8 heteroatoms. The molecule has 0 radical (unpaired) electrons. The number of hydrazone groups is 1. The summed E-state index contributed by atoms with van der Waals surface area (Å²) in [5, 5.41) is 16.2. The van der Waals surface area contributed by atoms with Crippen LogP contribution in [0.4, 0.5) is 10.1 Å². The zero-order chi connectivity index (χ0) is 17.8. The van der Waals surface area contributed by atoms with Crippen LogP contribution in [0.25, 0.3) is 0 Å². The Kier molecular flexibility index (Phi) is 4.69. The Hall–Kier alpha value is -3.29. The van der Waals surface area contributed by atoms with E-state index in [9.17, 15) is 19.3 Å². The maximum absolute atomic E-state index is 13.5. The molecule has 3 rings (SSSR count). The van der Waals surface area contributed by atoms with Crippen LogP contribution in [0, 0.1) is 15.9 Å². The third-order valence-electron chi connectivity index (χ3n) is 3.67. The van der Waals surface area contributed by atoms with Gasteiger partial charge in [0.05, 0.1) is 17.2 Å². The van der Waals surface area contributed by atoms with Crippen LogP contribution in [0.15, 0.2) is 53.6 Å². The third kappa shape index (κ3) is 3.79. The summed E-state index contributed by atoms with van der Waals surface area (Å²) in [5.74, 6) is -1.34. The van der Waals surface area contributed by atoms with Gasteiger partial charge in [0.25, 0.3) is 5.91 Å². The van der Waals surface area contributed by atoms with Crippen molar-refractivity contribution in [1.82, 2.24) is 5.01 Å². The van der Waals surface area contributed by atoms with Crippen LogP contribution >= 0.6 is 0 Å². The quantitative estimate of drug-likeness (QED) is 0.617. The Morgan fingerprint density at radius 2 is 2.04 bits per heavy atom. The molecule has 1 aliphatic rings. The highest BCUT2D eigenvalue weighted by Gasteiger charge is 2.22. The molecule has 7 nitrogen and oxygen atoms in total. The summed E-state index contributed by atoms with van der Waals surface area (Å²) in [6.45, 7) is 0.115. The summed E-state index contributed by atoms with van der Waals surface area (Å²) in [6, 6.07) is 12.7. The minimum atomic E-state index is -1.01. The highest BCUT2D eigenvalue weighted by Crippen LogP contribution is 2.22. The maximum Gasteiger partial charge on any atom is 0.305 e. The summed E-state index contributed by atoms with van der Waals surface area (Å²) < 4.78 is 18.7. The molecular weight excluding hydrogens is 329 g/mol. The van der Waals surface area contributed by atoms with Gasteiger partial charge in [-0.05, 0) is 11.6 Å². The van der Waals surface area contributed by atoms with Gasteiger partial charge in [0.15, 0.2) is 6.61 Å². The second kappa shape index (κ2) is 7.08. The lowest BCUT2D eigenvalue weighted by atomic mass is 10.1. The van der Waals surface area contributed by atoms with Crippen molar-refractivity contribution < 1.29 is 18.8 Å². The zero-order valence-electron chi connectivity index (χ0n) is 13.1. The molecule has 128 valence electrons. The van der Waals surface area contributed by atoms with Gasteiger partial charge in [-0.25, -0.2) is 5.01 Å². The molecule has 0 unspecified atom stereocenters. The molecule has 0 atom stereocenters. The number of ether oxygens (including phenoxy) is 1. The number of carbonyl (C=O) groups excluding carboxylic acids is 1. The van der Waals surface area contributed by atoms with Crippen LogP contribution < -0.4 is 4.74 Å². The molecule has 25 heavy (non-hydrogen) atoms. The van der Waals surface area contributed by atoms with Crippen molar-refractivity contribution in [3.8, 4) is 5.75 Å². The molecule has 2 aromatic rings. The predicted molar refractivity (Wildman–Crippen MR) is 87.9 cm³/mol. The van der Waals surface area contributed by atoms with Crippen molar-refractivity contribution in [1.29, 1.82) is 0 Å². The van der Waals surface area contributed by atoms with Gasteiger partial charge in [0.2, 0.25) is 5.82 Å². The summed E-state index contributed by atoms with van der Waals surface area (Å²) in [7, 11) is 0. The van der Waals surface area contributed by atoms with E-state index in [1.807, 2.05) is 30.3 Å². The van der Waals surface area contributed by atoms with E-state index in [1.54, 1.807) is 0 Å². The summed E-state index contributed by atoms with van der Waals surface area (Å²) in [5.41, 5.74) is 1.13. The maximum atomic E-state index is 13.5. The number of benzene rings is 2. The number of amides is 1. The first-order chi connectivity index (χ1) is 12.0. The Labute approximate surface area is 142 Å². The summed E-state index contributed by atoms with van der Waals surface area (Å²) >= 11 is 0. The minimum absolute atomic E-state index is 0.0444. The number of hydrogen-bond donors (Lipinski definition) is 0. The monoisotopic (exact) mass is 343 g/mol. The first kappa shape index (κ1) is 16.6. The molecular formula is C17H14FN3O4. The smallest absolute Gasteiger partial charge is 0.305 e. The van der Waals surface area contributed by atoms with Crippen LogP contribution in [0.2, 0.25) is 0 Å². The van der Waals surface area contributed by atoms with Gasteiger partial charge in [0, 0.05) is 18.6 Å². The first-order valence-electron chi connectivity index (χ1n) is 7.54. The molecule has 0 fully saturated rings. The lowest BCUT2D eigenvalue weighted by Crippen LogP contribution is -2.28. The number of carbonyl (C=O) groups is 1. The minimum Gasteiger partial charge on any atom is -0.484 e. The Balaban J connectivity index is 1.61. The Morgan fingerprint density at radius 3 is 2.72 bits per heavy atom. The van der Waals surface area contributed by atoms with E-state index in [-0.39, 0.29) is 18.3 Å². The molecule has 2 aromatic carbocycles. The highest BCUT2D eigenvalue weighted by molar-refractivity contribution is 6.02. The molecule has 1 amide bonds. The van der Waals surface area contributed by atoms with E-state index in [4.69, 9.17) is 4.74 Å². The van der Waals surface area contributed by atoms with E-state index in [0.29, 0.717) is 13.0 Å². The van der Waals surface area contributed by atoms with Crippen molar-refractivity contribution in [3.63, 3.8) is 0 Å². The highest BCUT2D eigenvalue weighted by atomic mass is 19.1. The predicted octanol–water partition coefficient (Wildman–Crippen LogP) is 2.75. The molecule has 0 spiro atoms. The van der Waals surface area contributed by atoms with Gasteiger partial charge in [-0.15, -0.1) is 0 Å². The molecule has 0 aromatic heterocycles. The van der Waals surface area contributed by atoms with Gasteiger partial charge in [-0.1, -0.05) is 30.3 Å². The molecule has 0 N–H and O–H groups in total. The van der Waals surface area contributed by atoms with Crippen molar-refractivity contribution in [2.45, 2.75) is 6.42 Å². The molecule has 0 saturated carbocycles. The van der Waals surface area contributed by atoms with Crippen LogP contribution in [0.5, 0.6) is 5.75 Å². The number of nitro groups is 1. The normalized spacial score (nSPS) is 13.5. The molecule has 0 bridgehead atoms. The summed E-state index contributed by atoms with van der Waals surface area (Å²) in [6.07, 6.45) is 0.641. The summed E-state index contributed by atoms with van der Waals surface area (Å²) in [4.78, 5) is 21.9. The average Bonchev–Trinajstić information content (AvgIpc) is 3.10. The van der Waals surface area contributed by atoms with Crippen LogP contribution in [0.3, 0.4) is 0 Å². The fraction of sp³-hybridized carbons (Fsp3) is 0.176. The van der Waals surface area contributed by atoms with Crippen molar-refractivity contribution in [2.75, 3.05) is 13.2 Å². The number of halogens is 1. The SMILES string of the molecule is O=C(COc1ccc([N+](=O)[O-])c(F)c1)N1CCC(c2ccccc2)=N1. The number of hydrogen-bond acceptors (Lipinski definition) is 5. The van der Waals surface area contributed by atoms with E-state index in [2.05, 4.69) is 5.10 Å². The fourth-order valence-electron chi connectivity index (χ4n) is 2.42. The van der Waals surface area contributed by atoms with Crippen molar-refractivity contribution in [2.24, 2.45) is 5.10 Å². The second-order valence-electron chi connectivity index (χ2n) is 5.34. The zero-order valence-corrected chi connectivity index (χ0v) is 13.1. The van der Waals surface area contributed by atoms with Gasteiger partial charge in [-0.2, -0.15) is 9.49 Å². The number of nitro benzene ring substituents is 1. The lowest BCUT2D eigenvalue weighted by molar-refractivity contribution is -0.387. The van der Waals surface area contributed by atoms with E-state index >= 15 is 0 Å². The van der Waals surface area contributed by atoms with Gasteiger partial charge >= 0.3 is 5.69 Å². The fourth-order valence-corrected chi connectivity index (χ4v) is 2.42. The average molecular weight is 343 g/mol. The Morgan fingerprint density at radius 1 is 1.28 bits per heavy atom. The van der Waals surface area contributed by atoms with Crippen molar-refractivity contribution in [3.05, 3.63) is 70.0 Å². The standard InChI is InChI=1S/C17H14FN3O4/c18-14-10-13(6-7-16(14)21(23)24)25-11-17(22)20-9-8-15(19-20)12-4-2-1-3-5-12/h1-7,10H,8-9,11H2. The van der Waals surface area contributed by atoms with Crippen LogP contribution in [-0.4, -0.2) is 34.7 Å². The van der Waals surface area contributed by atoms with Crippen LogP contribution in [0.1, 0.15) is 12.0 Å². The van der Waals surface area contributed by atoms with E-state index in [1.165, 1.54) is 11.1 Å². The van der Waals surface area contributed by atoms with E-state index in [0.717, 1.165) is 23.4 Å². The van der Waals surface area contributed by atoms with Gasteiger partial charge < -0.3 is 4.74 Å². The van der Waals surface area contributed by atoms with Gasteiger partial charge in [-0.3, -0.25) is 14.9 Å². The largest absolute Gasteiger partial charge is 0.484 e. The number of nitrogens with zero attached hydrogens (tertiary/aromatic N) is 3. The molecule has 1 heterocycles. The first-order valence-corrected chi connectivity index (χ1v) is 7.54. The van der Waals surface area contributed by atoms with Crippen LogP contribution in [-0.2, 0) is 4.79 Å². The second-order valence-corrected chi connectivity index (χ2v) is 5.34. The molecule has 0 saturated heterocycles. The van der Waals surface area contributed by atoms with Gasteiger partial charge in [0.1, 0.15) is 5.75 Å². The Bertz CT molecular complexity index is 839. The van der Waals surface area contributed by atoms with Crippen molar-refractivity contribution >= 4 is 17.3 Å². The molecule has 0 aliphatic carbocycles.